The van der Waals surface area contributed by atoms with Crippen molar-refractivity contribution in [3.05, 3.63) is 65.7 Å². The summed E-state index contributed by atoms with van der Waals surface area (Å²) in [4.78, 5) is 12.8. The molecule has 2 N–H and O–H groups in total. The fourth-order valence-corrected chi connectivity index (χ4v) is 4.00. The predicted octanol–water partition coefficient (Wildman–Crippen LogP) is 3.79. The first kappa shape index (κ1) is 20.0. The lowest BCUT2D eigenvalue weighted by molar-refractivity contribution is 0.394. The molecule has 0 fully saturated rings. The fraction of sp³-hybridized carbons (Fsp3) is 0.190. The van der Waals surface area contributed by atoms with E-state index in [1.54, 1.807) is 26.6 Å². The Hall–Kier alpha value is -3.33. The number of imidazole rings is 1. The van der Waals surface area contributed by atoms with Gasteiger partial charge in [0.05, 0.1) is 25.4 Å². The summed E-state index contributed by atoms with van der Waals surface area (Å²) in [7, 11) is 3.22. The van der Waals surface area contributed by atoms with Crippen molar-refractivity contribution in [1.82, 2.24) is 19.5 Å². The van der Waals surface area contributed by atoms with Gasteiger partial charge in [-0.15, -0.1) is 0 Å². The molecule has 2 aromatic heterocycles. The quantitative estimate of drug-likeness (QED) is 0.470. The highest BCUT2D eigenvalue weighted by molar-refractivity contribution is 7.99. The van der Waals surface area contributed by atoms with E-state index in [0.29, 0.717) is 40.8 Å². The smallest absolute Gasteiger partial charge is 0.173 e. The zero-order valence-corrected chi connectivity index (χ0v) is 17.3. The first-order valence-corrected chi connectivity index (χ1v) is 10.0. The number of aryl methyl sites for hydroxylation is 2. The second-order valence-electron chi connectivity index (χ2n) is 6.53. The number of aromatic amines is 1. The number of nitrogens with one attached hydrogen (secondary N) is 2. The van der Waals surface area contributed by atoms with E-state index in [1.165, 1.54) is 23.9 Å². The molecule has 0 amide bonds. The van der Waals surface area contributed by atoms with E-state index in [0.717, 1.165) is 10.5 Å². The number of methoxy groups -OCH3 is 2. The van der Waals surface area contributed by atoms with Gasteiger partial charge >= 0.3 is 0 Å². The van der Waals surface area contributed by atoms with Gasteiger partial charge in [-0.1, -0.05) is 12.1 Å². The van der Waals surface area contributed by atoms with Crippen LogP contribution in [0.4, 0.5) is 4.39 Å². The molecule has 4 aromatic rings. The van der Waals surface area contributed by atoms with Gasteiger partial charge in [-0.05, 0) is 54.1 Å². The number of ether oxygens (including phenoxy) is 2. The number of hydrogen-bond acceptors (Lipinski definition) is 6. The molecule has 9 heteroatoms. The number of rotatable bonds is 7. The van der Waals surface area contributed by atoms with E-state index < -0.39 is 0 Å². The normalized spacial score (nSPS) is 11.0. The van der Waals surface area contributed by atoms with Crippen LogP contribution in [0.1, 0.15) is 5.56 Å². The van der Waals surface area contributed by atoms with Crippen LogP contribution in [-0.4, -0.2) is 33.7 Å². The monoisotopic (exact) mass is 425 g/mol. The summed E-state index contributed by atoms with van der Waals surface area (Å²) in [6.07, 6.45) is 2.21. The van der Waals surface area contributed by atoms with E-state index in [4.69, 9.17) is 14.9 Å². The first-order valence-electron chi connectivity index (χ1n) is 9.21. The minimum atomic E-state index is -0.257. The van der Waals surface area contributed by atoms with Gasteiger partial charge in [0.15, 0.2) is 16.3 Å². The summed E-state index contributed by atoms with van der Waals surface area (Å²) in [5.41, 5.74) is 2.16. The van der Waals surface area contributed by atoms with Crippen molar-refractivity contribution in [2.24, 2.45) is 0 Å². The Kier molecular flexibility index (Phi) is 5.71. The minimum Gasteiger partial charge on any atom is -0.497 e. The van der Waals surface area contributed by atoms with Crippen molar-refractivity contribution in [3.63, 3.8) is 0 Å². The van der Waals surface area contributed by atoms with Crippen molar-refractivity contribution < 1.29 is 13.9 Å². The molecule has 7 nitrogen and oxygen atoms in total. The lowest BCUT2D eigenvalue weighted by atomic mass is 10.1. The topological polar surface area (TPSA) is 88.8 Å². The van der Waals surface area contributed by atoms with Crippen LogP contribution in [0.15, 0.2) is 58.8 Å². The Bertz CT molecular complexity index is 1250. The van der Waals surface area contributed by atoms with Crippen LogP contribution in [0.25, 0.3) is 11.2 Å². The second-order valence-corrected chi connectivity index (χ2v) is 7.56. The van der Waals surface area contributed by atoms with Crippen LogP contribution in [0.2, 0.25) is 0 Å². The zero-order chi connectivity index (χ0) is 21.1. The van der Waals surface area contributed by atoms with Crippen molar-refractivity contribution in [1.29, 1.82) is 5.41 Å². The van der Waals surface area contributed by atoms with Crippen molar-refractivity contribution in [2.45, 2.75) is 23.0 Å². The van der Waals surface area contributed by atoms with Gasteiger partial charge in [-0.25, -0.2) is 14.4 Å². The number of H-pyrrole nitrogens is 1. The van der Waals surface area contributed by atoms with Crippen molar-refractivity contribution in [2.75, 3.05) is 14.2 Å². The number of halogens is 1. The molecular formula is C21H20FN5O2S. The number of fused-ring (bicyclic) bond motifs is 1. The first-order chi connectivity index (χ1) is 14.6. The molecule has 30 heavy (non-hydrogen) atoms. The fourth-order valence-electron chi connectivity index (χ4n) is 3.08. The molecule has 0 radical (unpaired) electrons. The third-order valence-corrected chi connectivity index (χ3v) is 5.53. The molecule has 0 bridgehead atoms. The highest BCUT2D eigenvalue weighted by Gasteiger charge is 2.13. The molecule has 0 aliphatic carbocycles. The molecule has 0 aliphatic rings. The van der Waals surface area contributed by atoms with E-state index in [1.807, 2.05) is 28.8 Å². The van der Waals surface area contributed by atoms with Gasteiger partial charge in [-0.3, -0.25) is 5.41 Å². The molecule has 0 atom stereocenters. The summed E-state index contributed by atoms with van der Waals surface area (Å²) < 4.78 is 26.0. The van der Waals surface area contributed by atoms with Gasteiger partial charge in [0.1, 0.15) is 22.8 Å². The van der Waals surface area contributed by atoms with Gasteiger partial charge in [0.2, 0.25) is 0 Å². The third-order valence-electron chi connectivity index (χ3n) is 4.61. The van der Waals surface area contributed by atoms with E-state index in [-0.39, 0.29) is 11.3 Å². The Morgan fingerprint density at radius 2 is 2.03 bits per heavy atom. The molecule has 0 spiro atoms. The number of benzene rings is 2. The van der Waals surface area contributed by atoms with Crippen LogP contribution < -0.4 is 15.0 Å². The van der Waals surface area contributed by atoms with Crippen LogP contribution in [-0.2, 0) is 13.0 Å². The largest absolute Gasteiger partial charge is 0.497 e. The Morgan fingerprint density at radius 3 is 2.80 bits per heavy atom. The molecule has 0 unspecified atom stereocenters. The number of aromatic nitrogens is 4. The highest BCUT2D eigenvalue weighted by Crippen LogP contribution is 2.36. The third kappa shape index (κ3) is 4.16. The maximum absolute atomic E-state index is 13.4. The molecule has 154 valence electrons. The predicted molar refractivity (Wildman–Crippen MR) is 112 cm³/mol. The van der Waals surface area contributed by atoms with Crippen molar-refractivity contribution in [3.8, 4) is 11.5 Å². The average Bonchev–Trinajstić information content (AvgIpc) is 3.18. The molecule has 0 saturated heterocycles. The van der Waals surface area contributed by atoms with E-state index >= 15 is 0 Å². The summed E-state index contributed by atoms with van der Waals surface area (Å²) in [5.74, 6) is 1.15. The van der Waals surface area contributed by atoms with Crippen molar-refractivity contribution >= 4 is 22.9 Å². The van der Waals surface area contributed by atoms with Crippen LogP contribution in [0.3, 0.4) is 0 Å². The Morgan fingerprint density at radius 1 is 1.17 bits per heavy atom. The number of nitrogens with zero attached hydrogens (tertiary/aromatic N) is 3. The molecule has 0 aliphatic heterocycles. The Labute approximate surface area is 176 Å². The summed E-state index contributed by atoms with van der Waals surface area (Å²) in [5, 5.41) is 8.73. The Balaban J connectivity index is 1.65. The average molecular weight is 425 g/mol. The lowest BCUT2D eigenvalue weighted by Gasteiger charge is -2.08. The van der Waals surface area contributed by atoms with Gasteiger partial charge in [0.25, 0.3) is 0 Å². The molecule has 2 aromatic carbocycles. The van der Waals surface area contributed by atoms with Gasteiger partial charge < -0.3 is 19.0 Å². The van der Waals surface area contributed by atoms with Crippen LogP contribution in [0.5, 0.6) is 11.5 Å². The molecular weight excluding hydrogens is 405 g/mol. The SMILES string of the molecule is COc1ccc(OC)c(Sc2nc3c([nH]2)c(=N)ncn3CCc2cccc(F)c2)c1. The number of hydrogen-bond donors (Lipinski definition) is 2. The summed E-state index contributed by atoms with van der Waals surface area (Å²) in [6, 6.07) is 12.1. The maximum Gasteiger partial charge on any atom is 0.173 e. The van der Waals surface area contributed by atoms with E-state index in [9.17, 15) is 4.39 Å². The minimum absolute atomic E-state index is 0.115. The van der Waals surface area contributed by atoms with Gasteiger partial charge in [-0.2, -0.15) is 0 Å². The molecule has 4 rings (SSSR count). The lowest BCUT2D eigenvalue weighted by Crippen LogP contribution is -2.13. The molecule has 2 heterocycles. The summed E-state index contributed by atoms with van der Waals surface area (Å²) in [6.45, 7) is 0.560. The van der Waals surface area contributed by atoms with E-state index in [2.05, 4.69) is 15.0 Å². The second kappa shape index (κ2) is 8.58. The highest BCUT2D eigenvalue weighted by atomic mass is 32.2. The zero-order valence-electron chi connectivity index (χ0n) is 16.5. The summed E-state index contributed by atoms with van der Waals surface area (Å²) >= 11 is 1.38. The standard InChI is InChI=1S/C21H20FN5O2S/c1-28-15-6-7-16(29-2)17(11-15)30-21-25-18-19(23)24-12-27(20(18)26-21)9-8-13-4-3-5-14(22)10-13/h3-7,10-12,23H,8-9H2,1-2H3,(H,25,26). The maximum atomic E-state index is 13.4. The van der Waals surface area contributed by atoms with Crippen LogP contribution >= 0.6 is 11.8 Å². The van der Waals surface area contributed by atoms with Crippen LogP contribution in [0, 0.1) is 11.2 Å². The van der Waals surface area contributed by atoms with Gasteiger partial charge in [0, 0.05) is 6.54 Å². The molecule has 0 saturated carbocycles.